The molecule has 272 valence electrons. The van der Waals surface area contributed by atoms with Crippen LogP contribution in [-0.4, -0.2) is 138 Å². The molecule has 0 unspecified atom stereocenters. The highest BCUT2D eigenvalue weighted by molar-refractivity contribution is 6.00. The lowest BCUT2D eigenvalue weighted by atomic mass is 10.1. The summed E-state index contributed by atoms with van der Waals surface area (Å²) in [4.78, 5) is 38.7. The van der Waals surface area contributed by atoms with Crippen LogP contribution >= 0.6 is 0 Å². The molecule has 1 aliphatic heterocycles. The Morgan fingerprint density at radius 1 is 0.784 bits per heavy atom. The molecular formula is C33H43N11O7. The molecule has 4 N–H and O–H groups in total. The third-order valence-electron chi connectivity index (χ3n) is 8.14. The van der Waals surface area contributed by atoms with E-state index in [1.54, 1.807) is 10.7 Å². The summed E-state index contributed by atoms with van der Waals surface area (Å²) in [6.45, 7) is 9.33. The Labute approximate surface area is 294 Å². The highest BCUT2D eigenvalue weighted by Crippen LogP contribution is 2.33. The zero-order valence-corrected chi connectivity index (χ0v) is 28.6. The van der Waals surface area contributed by atoms with Crippen molar-refractivity contribution in [3.8, 4) is 17.1 Å². The molecule has 0 radical (unpaired) electrons. The van der Waals surface area contributed by atoms with Gasteiger partial charge in [0.05, 0.1) is 71.3 Å². The molecule has 0 saturated carbocycles. The van der Waals surface area contributed by atoms with Crippen molar-refractivity contribution in [3.05, 3.63) is 36.9 Å². The zero-order chi connectivity index (χ0) is 35.4. The smallest absolute Gasteiger partial charge is 0.292 e. The van der Waals surface area contributed by atoms with Crippen molar-refractivity contribution in [3.63, 3.8) is 0 Å². The summed E-state index contributed by atoms with van der Waals surface area (Å²) in [5, 5.41) is 5.43. The molecule has 1 amide bonds. The van der Waals surface area contributed by atoms with Crippen molar-refractivity contribution in [2.24, 2.45) is 0 Å². The number of carbonyl (C=O) groups is 1. The van der Waals surface area contributed by atoms with E-state index in [0.29, 0.717) is 138 Å². The predicted octanol–water partition coefficient (Wildman–Crippen LogP) is 1.72. The predicted molar refractivity (Wildman–Crippen MR) is 187 cm³/mol. The van der Waals surface area contributed by atoms with Gasteiger partial charge >= 0.3 is 0 Å². The van der Waals surface area contributed by atoms with Crippen LogP contribution in [0.15, 0.2) is 41.3 Å². The monoisotopic (exact) mass is 705 g/mol. The van der Waals surface area contributed by atoms with E-state index in [2.05, 4.69) is 29.8 Å². The maximum atomic E-state index is 12.8. The third-order valence-corrected chi connectivity index (χ3v) is 8.14. The van der Waals surface area contributed by atoms with Crippen LogP contribution in [0.5, 0.6) is 0 Å². The van der Waals surface area contributed by atoms with Crippen molar-refractivity contribution >= 4 is 45.7 Å². The average Bonchev–Trinajstić information content (AvgIpc) is 3.73. The largest absolute Gasteiger partial charge is 0.424 e. The van der Waals surface area contributed by atoms with E-state index in [1.807, 2.05) is 30.0 Å². The number of anilines is 3. The Hall–Kier alpha value is -5.01. The van der Waals surface area contributed by atoms with E-state index in [1.165, 1.54) is 12.7 Å². The molecule has 1 aliphatic rings. The van der Waals surface area contributed by atoms with Gasteiger partial charge in [0.2, 0.25) is 5.91 Å². The number of nitrogen functional groups attached to an aromatic ring is 2. The number of hydrogen-bond donors (Lipinski definition) is 2. The minimum atomic E-state index is 0.0510. The van der Waals surface area contributed by atoms with Crippen molar-refractivity contribution < 1.29 is 32.9 Å². The van der Waals surface area contributed by atoms with Gasteiger partial charge < -0.3 is 49.4 Å². The van der Waals surface area contributed by atoms with Crippen LogP contribution in [0.4, 0.5) is 17.7 Å². The molecule has 0 aliphatic carbocycles. The number of hydrogen-bond acceptors (Lipinski definition) is 16. The van der Waals surface area contributed by atoms with E-state index < -0.39 is 0 Å². The fourth-order valence-corrected chi connectivity index (χ4v) is 5.58. The number of nitrogens with two attached hydrogens (primary N) is 2. The Morgan fingerprint density at radius 3 is 2.14 bits per heavy atom. The van der Waals surface area contributed by atoms with Gasteiger partial charge in [0.1, 0.15) is 35.5 Å². The number of amides is 1. The number of oxazole rings is 1. The molecule has 0 bridgehead atoms. The number of aromatic nitrogens is 7. The summed E-state index contributed by atoms with van der Waals surface area (Å²) >= 11 is 0. The highest BCUT2D eigenvalue weighted by atomic mass is 16.6. The minimum Gasteiger partial charge on any atom is -0.424 e. The minimum absolute atomic E-state index is 0.0510. The molecule has 6 rings (SSSR count). The molecule has 0 spiro atoms. The van der Waals surface area contributed by atoms with Crippen LogP contribution < -0.4 is 16.4 Å². The van der Waals surface area contributed by atoms with E-state index in [-0.39, 0.29) is 17.7 Å². The number of ether oxygens (including phenoxy) is 5. The van der Waals surface area contributed by atoms with Crippen LogP contribution in [0.3, 0.4) is 0 Å². The lowest BCUT2D eigenvalue weighted by Crippen LogP contribution is -2.49. The SMILES string of the molecule is CCOCCOCCOCCOCCOCCC(=O)N1CCN(c2cc(-n3nc(-c4ccc5oc(N)nc5c4)c4c(N)ncnc43)ncn2)CC1. The van der Waals surface area contributed by atoms with Crippen molar-refractivity contribution in [1.29, 1.82) is 0 Å². The van der Waals surface area contributed by atoms with Gasteiger partial charge in [-0.3, -0.25) is 4.79 Å². The van der Waals surface area contributed by atoms with E-state index in [0.717, 1.165) is 5.56 Å². The third kappa shape index (κ3) is 9.21. The van der Waals surface area contributed by atoms with Gasteiger partial charge in [-0.15, -0.1) is 0 Å². The topological polar surface area (TPSA) is 217 Å². The Kier molecular flexibility index (Phi) is 12.5. The Balaban J connectivity index is 0.953. The first-order valence-corrected chi connectivity index (χ1v) is 16.9. The standard InChI is InChI=1S/C33H43N11O7/c1-2-46-11-12-48-15-16-50-18-17-49-14-13-47-10-5-28(45)43-8-6-42(7-9-43)26-20-27(37-21-36-26)44-32-29(31(34)38-22-39-32)30(41-44)23-3-4-25-24(19-23)40-33(35)51-25/h3-4,19-22H,2,5-18H2,1H3,(H2,35,40)(H2,34,38,39). The van der Waals surface area contributed by atoms with Crippen LogP contribution in [0.1, 0.15) is 13.3 Å². The summed E-state index contributed by atoms with van der Waals surface area (Å²) in [5.41, 5.74) is 15.0. The lowest BCUT2D eigenvalue weighted by molar-refractivity contribution is -0.132. The van der Waals surface area contributed by atoms with E-state index in [4.69, 9.17) is 44.7 Å². The fraction of sp³-hybridized carbons (Fsp3) is 0.485. The van der Waals surface area contributed by atoms with Gasteiger partial charge in [-0.05, 0) is 25.1 Å². The number of fused-ring (bicyclic) bond motifs is 2. The van der Waals surface area contributed by atoms with E-state index >= 15 is 0 Å². The average molecular weight is 706 g/mol. The van der Waals surface area contributed by atoms with Gasteiger partial charge in [-0.2, -0.15) is 14.8 Å². The summed E-state index contributed by atoms with van der Waals surface area (Å²) in [5.74, 6) is 1.54. The molecule has 18 nitrogen and oxygen atoms in total. The maximum Gasteiger partial charge on any atom is 0.292 e. The summed E-state index contributed by atoms with van der Waals surface area (Å²) < 4.78 is 34.2. The molecular weight excluding hydrogens is 662 g/mol. The molecule has 0 atom stereocenters. The van der Waals surface area contributed by atoms with Crippen molar-refractivity contribution in [2.45, 2.75) is 13.3 Å². The quantitative estimate of drug-likeness (QED) is 0.117. The first kappa shape index (κ1) is 35.8. The number of rotatable bonds is 19. The van der Waals surface area contributed by atoms with Crippen LogP contribution in [0.2, 0.25) is 0 Å². The molecule has 5 aromatic rings. The van der Waals surface area contributed by atoms with E-state index in [9.17, 15) is 4.79 Å². The van der Waals surface area contributed by atoms with Gasteiger partial charge in [0.25, 0.3) is 6.01 Å². The summed E-state index contributed by atoms with van der Waals surface area (Å²) in [7, 11) is 0. The number of benzene rings is 1. The van der Waals surface area contributed by atoms with Crippen LogP contribution in [-0.2, 0) is 28.5 Å². The second-order valence-electron chi connectivity index (χ2n) is 11.5. The molecule has 1 aromatic carbocycles. The van der Waals surface area contributed by atoms with Gasteiger partial charge in [-0.1, -0.05) is 0 Å². The maximum absolute atomic E-state index is 12.8. The van der Waals surface area contributed by atoms with Gasteiger partial charge in [-0.25, -0.2) is 19.9 Å². The summed E-state index contributed by atoms with van der Waals surface area (Å²) in [6, 6.07) is 7.37. The lowest BCUT2D eigenvalue weighted by Gasteiger charge is -2.35. The molecule has 1 saturated heterocycles. The van der Waals surface area contributed by atoms with Gasteiger partial charge in [0.15, 0.2) is 17.0 Å². The first-order valence-electron chi connectivity index (χ1n) is 16.9. The summed E-state index contributed by atoms with van der Waals surface area (Å²) in [6.07, 6.45) is 3.18. The number of nitrogens with zero attached hydrogens (tertiary/aromatic N) is 9. The molecule has 1 fully saturated rings. The van der Waals surface area contributed by atoms with Crippen LogP contribution in [0.25, 0.3) is 39.2 Å². The van der Waals surface area contributed by atoms with Gasteiger partial charge in [0, 0.05) is 44.4 Å². The second kappa shape index (κ2) is 17.8. The number of carbonyl (C=O) groups excluding carboxylic acids is 1. The molecule has 18 heteroatoms. The Morgan fingerprint density at radius 2 is 1.43 bits per heavy atom. The zero-order valence-electron chi connectivity index (χ0n) is 28.6. The Bertz CT molecular complexity index is 1880. The molecule has 5 heterocycles. The molecule has 4 aromatic heterocycles. The number of piperazine rings is 1. The fourth-order valence-electron chi connectivity index (χ4n) is 5.58. The second-order valence-corrected chi connectivity index (χ2v) is 11.5. The highest BCUT2D eigenvalue weighted by Gasteiger charge is 2.24. The molecule has 51 heavy (non-hydrogen) atoms. The van der Waals surface area contributed by atoms with Crippen molar-refractivity contribution in [2.75, 3.05) is 109 Å². The first-order chi connectivity index (χ1) is 25.0. The normalized spacial score (nSPS) is 13.5. The van der Waals surface area contributed by atoms with Crippen molar-refractivity contribution in [1.82, 2.24) is 39.6 Å². The van der Waals surface area contributed by atoms with Crippen LogP contribution in [0, 0.1) is 0 Å².